The Morgan fingerprint density at radius 3 is 2.68 bits per heavy atom. The molecule has 5 heteroatoms. The quantitative estimate of drug-likeness (QED) is 0.820. The van der Waals surface area contributed by atoms with Gasteiger partial charge >= 0.3 is 0 Å². The average Bonchev–Trinajstić information content (AvgIpc) is 2.86. The fraction of sp³-hybridized carbons (Fsp3) is 0.429. The first-order chi connectivity index (χ1) is 9.15. The second-order valence-corrected chi connectivity index (χ2v) is 5.94. The number of hydrogen-bond acceptors (Lipinski definition) is 5. The third-order valence-electron chi connectivity index (χ3n) is 2.64. The van der Waals surface area contributed by atoms with Gasteiger partial charge in [0.05, 0.1) is 11.8 Å². The summed E-state index contributed by atoms with van der Waals surface area (Å²) in [5, 5.41) is 3.97. The minimum Gasteiger partial charge on any atom is -0.338 e. The highest BCUT2D eigenvalue weighted by Gasteiger charge is 2.16. The lowest BCUT2D eigenvalue weighted by Crippen LogP contribution is -2.13. The summed E-state index contributed by atoms with van der Waals surface area (Å²) in [6.07, 6.45) is 0.855. The van der Waals surface area contributed by atoms with Gasteiger partial charge in [0.2, 0.25) is 5.89 Å². The van der Waals surface area contributed by atoms with E-state index in [1.54, 1.807) is 11.8 Å². The van der Waals surface area contributed by atoms with Crippen molar-refractivity contribution >= 4 is 11.8 Å². The zero-order valence-electron chi connectivity index (χ0n) is 11.2. The molecule has 0 aliphatic carbocycles. The van der Waals surface area contributed by atoms with Crippen LogP contribution in [0, 0.1) is 5.92 Å². The normalized spacial score (nSPS) is 12.8. The molecule has 19 heavy (non-hydrogen) atoms. The molecule has 1 aromatic heterocycles. The molecule has 0 spiro atoms. The molecule has 2 rings (SSSR count). The molecule has 0 amide bonds. The summed E-state index contributed by atoms with van der Waals surface area (Å²) in [5.41, 5.74) is 6.01. The first kappa shape index (κ1) is 14.1. The van der Waals surface area contributed by atoms with Crippen molar-refractivity contribution in [2.24, 2.45) is 11.7 Å². The van der Waals surface area contributed by atoms with Crippen LogP contribution in [-0.4, -0.2) is 10.1 Å². The lowest BCUT2D eigenvalue weighted by molar-refractivity contribution is 0.333. The topological polar surface area (TPSA) is 64.9 Å². The van der Waals surface area contributed by atoms with Crippen LogP contribution >= 0.6 is 11.8 Å². The van der Waals surface area contributed by atoms with E-state index in [1.165, 1.54) is 4.90 Å². The summed E-state index contributed by atoms with van der Waals surface area (Å²) in [6.45, 7) is 4.25. The van der Waals surface area contributed by atoms with E-state index in [0.29, 0.717) is 23.4 Å². The SMILES string of the molecule is CC(C)CC(N)c1nc(CSc2ccccc2)no1. The molecule has 0 saturated carbocycles. The first-order valence-corrected chi connectivity index (χ1v) is 7.39. The second kappa shape index (κ2) is 6.73. The maximum absolute atomic E-state index is 6.01. The first-order valence-electron chi connectivity index (χ1n) is 6.41. The van der Waals surface area contributed by atoms with Gasteiger partial charge in [-0.25, -0.2) is 0 Å². The Kier molecular flexibility index (Phi) is 4.99. The van der Waals surface area contributed by atoms with Crippen molar-refractivity contribution in [3.8, 4) is 0 Å². The van der Waals surface area contributed by atoms with Crippen LogP contribution in [-0.2, 0) is 5.75 Å². The van der Waals surface area contributed by atoms with Crippen molar-refractivity contribution in [1.82, 2.24) is 10.1 Å². The van der Waals surface area contributed by atoms with Crippen LogP contribution in [0.2, 0.25) is 0 Å². The third kappa shape index (κ3) is 4.36. The average molecular weight is 277 g/mol. The Hall–Kier alpha value is -1.33. The summed E-state index contributed by atoms with van der Waals surface area (Å²) < 4.78 is 5.22. The summed E-state index contributed by atoms with van der Waals surface area (Å²) in [5.74, 6) is 2.45. The summed E-state index contributed by atoms with van der Waals surface area (Å²) in [7, 11) is 0. The van der Waals surface area contributed by atoms with E-state index in [9.17, 15) is 0 Å². The number of benzene rings is 1. The molecule has 102 valence electrons. The van der Waals surface area contributed by atoms with E-state index in [2.05, 4.69) is 36.1 Å². The Labute approximate surface area is 117 Å². The van der Waals surface area contributed by atoms with Gasteiger partial charge in [-0.15, -0.1) is 11.8 Å². The molecule has 1 atom stereocenters. The largest absolute Gasteiger partial charge is 0.338 e. The Bertz CT molecular complexity index is 498. The molecule has 0 fully saturated rings. The minimum absolute atomic E-state index is 0.164. The van der Waals surface area contributed by atoms with Crippen LogP contribution in [0.25, 0.3) is 0 Å². The number of nitrogens with two attached hydrogens (primary N) is 1. The summed E-state index contributed by atoms with van der Waals surface area (Å²) in [6, 6.07) is 10.0. The van der Waals surface area contributed by atoms with Crippen molar-refractivity contribution in [3.63, 3.8) is 0 Å². The maximum Gasteiger partial charge on any atom is 0.243 e. The summed E-state index contributed by atoms with van der Waals surface area (Å²) in [4.78, 5) is 5.55. The van der Waals surface area contributed by atoms with Gasteiger partial charge in [-0.1, -0.05) is 37.2 Å². The van der Waals surface area contributed by atoms with Gasteiger partial charge in [0, 0.05) is 4.90 Å². The minimum atomic E-state index is -0.164. The Balaban J connectivity index is 1.90. The predicted octanol–water partition coefficient (Wildman–Crippen LogP) is 3.41. The number of rotatable bonds is 6. The van der Waals surface area contributed by atoms with Crippen molar-refractivity contribution in [1.29, 1.82) is 0 Å². The van der Waals surface area contributed by atoms with Crippen molar-refractivity contribution in [3.05, 3.63) is 42.0 Å². The van der Waals surface area contributed by atoms with E-state index in [0.717, 1.165) is 6.42 Å². The van der Waals surface area contributed by atoms with Crippen LogP contribution in [0.5, 0.6) is 0 Å². The highest BCUT2D eigenvalue weighted by atomic mass is 32.2. The Morgan fingerprint density at radius 2 is 2.00 bits per heavy atom. The van der Waals surface area contributed by atoms with Crippen LogP contribution in [0.15, 0.2) is 39.8 Å². The molecule has 0 saturated heterocycles. The van der Waals surface area contributed by atoms with E-state index < -0.39 is 0 Å². The van der Waals surface area contributed by atoms with E-state index >= 15 is 0 Å². The molecule has 0 aliphatic rings. The fourth-order valence-electron chi connectivity index (χ4n) is 1.75. The van der Waals surface area contributed by atoms with Gasteiger partial charge in [0.25, 0.3) is 0 Å². The highest BCUT2D eigenvalue weighted by molar-refractivity contribution is 7.98. The number of thioether (sulfide) groups is 1. The molecule has 1 aromatic carbocycles. The molecule has 1 unspecified atom stereocenters. The maximum atomic E-state index is 6.01. The lowest BCUT2D eigenvalue weighted by atomic mass is 10.0. The third-order valence-corrected chi connectivity index (χ3v) is 3.65. The predicted molar refractivity (Wildman–Crippen MR) is 76.7 cm³/mol. The fourth-order valence-corrected chi connectivity index (χ4v) is 2.51. The van der Waals surface area contributed by atoms with Gasteiger partial charge < -0.3 is 10.3 Å². The lowest BCUT2D eigenvalue weighted by Gasteiger charge is -2.08. The van der Waals surface area contributed by atoms with Crippen molar-refractivity contribution in [2.75, 3.05) is 0 Å². The van der Waals surface area contributed by atoms with Crippen LogP contribution < -0.4 is 5.73 Å². The van der Waals surface area contributed by atoms with E-state index in [4.69, 9.17) is 10.3 Å². The van der Waals surface area contributed by atoms with E-state index in [-0.39, 0.29) is 6.04 Å². The monoisotopic (exact) mass is 277 g/mol. The van der Waals surface area contributed by atoms with E-state index in [1.807, 2.05) is 18.2 Å². The van der Waals surface area contributed by atoms with Crippen LogP contribution in [0.3, 0.4) is 0 Å². The van der Waals surface area contributed by atoms with Gasteiger partial charge in [0.1, 0.15) is 0 Å². The van der Waals surface area contributed by atoms with Crippen molar-refractivity contribution < 1.29 is 4.52 Å². The standard InChI is InChI=1S/C14H19N3OS/c1-10(2)8-12(15)14-16-13(17-18-14)9-19-11-6-4-3-5-7-11/h3-7,10,12H,8-9,15H2,1-2H3. The molecule has 1 heterocycles. The smallest absolute Gasteiger partial charge is 0.243 e. The molecule has 2 aromatic rings. The number of nitrogens with zero attached hydrogens (tertiary/aromatic N) is 2. The molecule has 2 N–H and O–H groups in total. The molecule has 0 bridgehead atoms. The molecule has 0 aliphatic heterocycles. The second-order valence-electron chi connectivity index (χ2n) is 4.89. The molecule has 0 radical (unpaired) electrons. The number of aromatic nitrogens is 2. The highest BCUT2D eigenvalue weighted by Crippen LogP contribution is 2.22. The molecular formula is C14H19N3OS. The zero-order valence-corrected chi connectivity index (χ0v) is 12.1. The van der Waals surface area contributed by atoms with Crippen molar-refractivity contribution in [2.45, 2.75) is 37.0 Å². The molecule has 4 nitrogen and oxygen atoms in total. The zero-order chi connectivity index (χ0) is 13.7. The van der Waals surface area contributed by atoms with Gasteiger partial charge in [-0.2, -0.15) is 4.98 Å². The summed E-state index contributed by atoms with van der Waals surface area (Å²) >= 11 is 1.69. The van der Waals surface area contributed by atoms with Gasteiger partial charge in [-0.05, 0) is 24.5 Å². The Morgan fingerprint density at radius 1 is 1.26 bits per heavy atom. The molecular weight excluding hydrogens is 258 g/mol. The number of hydrogen-bond donors (Lipinski definition) is 1. The van der Waals surface area contributed by atoms with Crippen LogP contribution in [0.1, 0.15) is 38.0 Å². The van der Waals surface area contributed by atoms with Gasteiger partial charge in [-0.3, -0.25) is 0 Å². The van der Waals surface area contributed by atoms with Gasteiger partial charge in [0.15, 0.2) is 5.82 Å². The van der Waals surface area contributed by atoms with Crippen LogP contribution in [0.4, 0.5) is 0 Å².